The highest BCUT2D eigenvalue weighted by atomic mass is 16.5. The van der Waals surface area contributed by atoms with Crippen LogP contribution in [0, 0.1) is 5.92 Å². The Labute approximate surface area is 111 Å². The highest BCUT2D eigenvalue weighted by Gasteiger charge is 2.14. The van der Waals surface area contributed by atoms with Crippen molar-refractivity contribution in [2.75, 3.05) is 31.7 Å². The maximum absolute atomic E-state index is 6.05. The first-order valence-electron chi connectivity index (χ1n) is 6.64. The molecule has 3 nitrogen and oxygen atoms in total. The minimum absolute atomic E-state index is 0.0541. The minimum Gasteiger partial charge on any atom is -0.383 e. The molecule has 18 heavy (non-hydrogen) atoms. The fraction of sp³-hybridized carbons (Fsp3) is 0.600. The van der Waals surface area contributed by atoms with E-state index in [0.29, 0.717) is 5.92 Å². The molecule has 1 aromatic rings. The summed E-state index contributed by atoms with van der Waals surface area (Å²) >= 11 is 0. The third-order valence-corrected chi connectivity index (χ3v) is 2.92. The molecule has 3 heteroatoms. The van der Waals surface area contributed by atoms with Crippen LogP contribution < -0.4 is 10.6 Å². The van der Waals surface area contributed by atoms with E-state index in [0.717, 1.165) is 19.7 Å². The van der Waals surface area contributed by atoms with Gasteiger partial charge in [0, 0.05) is 31.9 Å². The third kappa shape index (κ3) is 4.31. The summed E-state index contributed by atoms with van der Waals surface area (Å²) in [6.07, 6.45) is 0. The molecule has 0 aliphatic rings. The van der Waals surface area contributed by atoms with E-state index in [4.69, 9.17) is 10.5 Å². The van der Waals surface area contributed by atoms with Gasteiger partial charge in [-0.15, -0.1) is 0 Å². The fourth-order valence-corrected chi connectivity index (χ4v) is 2.11. The highest BCUT2D eigenvalue weighted by molar-refractivity contribution is 5.54. The molecule has 0 radical (unpaired) electrons. The Hall–Kier alpha value is -1.06. The van der Waals surface area contributed by atoms with Crippen LogP contribution in [0.2, 0.25) is 0 Å². The molecule has 1 aromatic carbocycles. The molecule has 0 fully saturated rings. The van der Waals surface area contributed by atoms with Gasteiger partial charge in [-0.2, -0.15) is 0 Å². The van der Waals surface area contributed by atoms with Gasteiger partial charge in [-0.05, 0) is 24.5 Å². The molecule has 0 spiro atoms. The quantitative estimate of drug-likeness (QED) is 0.808. The predicted molar refractivity (Wildman–Crippen MR) is 78.0 cm³/mol. The third-order valence-electron chi connectivity index (χ3n) is 2.92. The van der Waals surface area contributed by atoms with Gasteiger partial charge in [0.2, 0.25) is 0 Å². The average Bonchev–Trinajstić information content (AvgIpc) is 2.34. The van der Waals surface area contributed by atoms with Crippen molar-refractivity contribution in [1.29, 1.82) is 0 Å². The van der Waals surface area contributed by atoms with Crippen molar-refractivity contribution in [3.63, 3.8) is 0 Å². The van der Waals surface area contributed by atoms with Crippen LogP contribution in [0.4, 0.5) is 5.69 Å². The van der Waals surface area contributed by atoms with Crippen LogP contribution in [-0.2, 0) is 4.74 Å². The Morgan fingerprint density at radius 1 is 1.22 bits per heavy atom. The minimum atomic E-state index is 0.0541. The maximum Gasteiger partial charge on any atom is 0.0637 e. The van der Waals surface area contributed by atoms with Crippen molar-refractivity contribution in [3.05, 3.63) is 29.8 Å². The van der Waals surface area contributed by atoms with Crippen LogP contribution >= 0.6 is 0 Å². The number of nitrogens with two attached hydrogens (primary N) is 1. The van der Waals surface area contributed by atoms with Crippen molar-refractivity contribution in [2.45, 2.75) is 26.8 Å². The summed E-state index contributed by atoms with van der Waals surface area (Å²) in [6.45, 7) is 9.15. The number of hydrogen-bond donors (Lipinski definition) is 1. The molecular formula is C15H26N2O. The lowest BCUT2D eigenvalue weighted by molar-refractivity contribution is 0.204. The molecule has 102 valence electrons. The molecule has 1 unspecified atom stereocenters. The molecule has 0 saturated heterocycles. The van der Waals surface area contributed by atoms with Crippen LogP contribution in [0.25, 0.3) is 0 Å². The van der Waals surface area contributed by atoms with E-state index < -0.39 is 0 Å². The van der Waals surface area contributed by atoms with Gasteiger partial charge < -0.3 is 15.4 Å². The molecule has 0 bridgehead atoms. The number of anilines is 1. The normalized spacial score (nSPS) is 12.8. The number of ether oxygens (including phenoxy) is 1. The summed E-state index contributed by atoms with van der Waals surface area (Å²) < 4.78 is 5.20. The summed E-state index contributed by atoms with van der Waals surface area (Å²) in [5.41, 5.74) is 8.49. The fourth-order valence-electron chi connectivity index (χ4n) is 2.11. The Morgan fingerprint density at radius 2 is 1.89 bits per heavy atom. The molecule has 1 rings (SSSR count). The topological polar surface area (TPSA) is 38.5 Å². The largest absolute Gasteiger partial charge is 0.383 e. The summed E-state index contributed by atoms with van der Waals surface area (Å²) in [5.74, 6) is 0.614. The van der Waals surface area contributed by atoms with Gasteiger partial charge in [0.1, 0.15) is 0 Å². The van der Waals surface area contributed by atoms with Gasteiger partial charge in [-0.25, -0.2) is 0 Å². The summed E-state index contributed by atoms with van der Waals surface area (Å²) in [6, 6.07) is 8.43. The second-order valence-corrected chi connectivity index (χ2v) is 5.18. The number of para-hydroxylation sites is 1. The van der Waals surface area contributed by atoms with Gasteiger partial charge in [0.25, 0.3) is 0 Å². The number of benzene rings is 1. The van der Waals surface area contributed by atoms with Gasteiger partial charge in [0.05, 0.1) is 6.61 Å². The lowest BCUT2D eigenvalue weighted by atomic mass is 10.0. The summed E-state index contributed by atoms with van der Waals surface area (Å²) in [5, 5.41) is 0. The van der Waals surface area contributed by atoms with Crippen LogP contribution in [0.3, 0.4) is 0 Å². The van der Waals surface area contributed by atoms with Crippen LogP contribution in [-0.4, -0.2) is 26.8 Å². The van der Waals surface area contributed by atoms with E-state index in [1.807, 2.05) is 13.0 Å². The standard InChI is InChI=1S/C15H26N2O/c1-12(2)11-17(9-10-18-4)15-8-6-5-7-14(15)13(3)16/h5-8,12-13H,9-11,16H2,1-4H3. The van der Waals surface area contributed by atoms with Crippen molar-refractivity contribution in [2.24, 2.45) is 11.7 Å². The van der Waals surface area contributed by atoms with Crippen molar-refractivity contribution in [3.8, 4) is 0 Å². The molecular weight excluding hydrogens is 224 g/mol. The molecule has 0 aliphatic carbocycles. The van der Waals surface area contributed by atoms with E-state index in [1.165, 1.54) is 11.3 Å². The Bertz CT molecular complexity index is 350. The summed E-state index contributed by atoms with van der Waals surface area (Å²) in [7, 11) is 1.74. The Kier molecular flexibility index (Phi) is 6.16. The van der Waals surface area contributed by atoms with E-state index in [2.05, 4.69) is 36.9 Å². The molecule has 1 atom stereocenters. The highest BCUT2D eigenvalue weighted by Crippen LogP contribution is 2.25. The van der Waals surface area contributed by atoms with E-state index in [9.17, 15) is 0 Å². The van der Waals surface area contributed by atoms with Crippen molar-refractivity contribution < 1.29 is 4.74 Å². The van der Waals surface area contributed by atoms with Gasteiger partial charge in [0.15, 0.2) is 0 Å². The zero-order valence-electron chi connectivity index (χ0n) is 12.0. The van der Waals surface area contributed by atoms with E-state index in [-0.39, 0.29) is 6.04 Å². The van der Waals surface area contributed by atoms with E-state index in [1.54, 1.807) is 7.11 Å². The Morgan fingerprint density at radius 3 is 2.44 bits per heavy atom. The maximum atomic E-state index is 6.05. The molecule has 0 heterocycles. The Balaban J connectivity index is 2.95. The molecule has 0 aliphatic heterocycles. The van der Waals surface area contributed by atoms with Crippen LogP contribution in [0.1, 0.15) is 32.4 Å². The van der Waals surface area contributed by atoms with Crippen molar-refractivity contribution >= 4 is 5.69 Å². The molecule has 0 saturated carbocycles. The SMILES string of the molecule is COCCN(CC(C)C)c1ccccc1C(C)N. The first-order chi connectivity index (χ1) is 8.56. The molecule has 0 amide bonds. The average molecular weight is 250 g/mol. The van der Waals surface area contributed by atoms with Crippen LogP contribution in [0.15, 0.2) is 24.3 Å². The molecule has 2 N–H and O–H groups in total. The molecule has 0 aromatic heterocycles. The van der Waals surface area contributed by atoms with Gasteiger partial charge >= 0.3 is 0 Å². The van der Waals surface area contributed by atoms with Crippen molar-refractivity contribution in [1.82, 2.24) is 0 Å². The zero-order chi connectivity index (χ0) is 13.5. The second-order valence-electron chi connectivity index (χ2n) is 5.18. The first-order valence-corrected chi connectivity index (χ1v) is 6.64. The second kappa shape index (κ2) is 7.39. The van der Waals surface area contributed by atoms with Gasteiger partial charge in [-0.3, -0.25) is 0 Å². The van der Waals surface area contributed by atoms with Gasteiger partial charge in [-0.1, -0.05) is 32.0 Å². The number of nitrogens with zero attached hydrogens (tertiary/aromatic N) is 1. The number of hydrogen-bond acceptors (Lipinski definition) is 3. The van der Waals surface area contributed by atoms with E-state index >= 15 is 0 Å². The summed E-state index contributed by atoms with van der Waals surface area (Å²) in [4.78, 5) is 2.37. The zero-order valence-corrected chi connectivity index (χ0v) is 12.0. The number of rotatable bonds is 7. The predicted octanol–water partition coefficient (Wildman–Crippen LogP) is 2.82. The van der Waals surface area contributed by atoms with Crippen LogP contribution in [0.5, 0.6) is 0 Å². The lowest BCUT2D eigenvalue weighted by Gasteiger charge is -2.29. The monoisotopic (exact) mass is 250 g/mol. The lowest BCUT2D eigenvalue weighted by Crippen LogP contribution is -2.32. The number of methoxy groups -OCH3 is 1. The first kappa shape index (κ1) is 15.0. The smallest absolute Gasteiger partial charge is 0.0637 e.